The van der Waals surface area contributed by atoms with Crippen LogP contribution in [0.25, 0.3) is 0 Å². The van der Waals surface area contributed by atoms with Gasteiger partial charge in [0.05, 0.1) is 6.10 Å². The minimum absolute atomic E-state index is 0.262. The van der Waals surface area contributed by atoms with Crippen LogP contribution in [0.2, 0.25) is 0 Å². The van der Waals surface area contributed by atoms with Gasteiger partial charge < -0.3 is 5.11 Å². The lowest BCUT2D eigenvalue weighted by Gasteiger charge is -2.12. The number of rotatable bonds is 2. The summed E-state index contributed by atoms with van der Waals surface area (Å²) < 4.78 is 0. The van der Waals surface area contributed by atoms with E-state index in [1.807, 2.05) is 11.8 Å². The Bertz CT molecular complexity index is 83.1. The summed E-state index contributed by atoms with van der Waals surface area (Å²) in [5.74, 6) is 3.14. The standard InChI is InChI=1S/C6H11ClOS/c7-3-6(8)5-1-2-9-4-5/h5-6,8H,1-4H2. The van der Waals surface area contributed by atoms with Crippen LogP contribution in [0.5, 0.6) is 0 Å². The van der Waals surface area contributed by atoms with E-state index in [-0.39, 0.29) is 6.10 Å². The predicted octanol–water partition coefficient (Wildman–Crippen LogP) is 1.34. The Balaban J connectivity index is 2.24. The molecule has 54 valence electrons. The Hall–Kier alpha value is 0.600. The third kappa shape index (κ3) is 2.03. The lowest BCUT2D eigenvalue weighted by Crippen LogP contribution is -2.21. The van der Waals surface area contributed by atoms with E-state index in [2.05, 4.69) is 0 Å². The van der Waals surface area contributed by atoms with E-state index in [1.165, 1.54) is 5.75 Å². The molecule has 0 aromatic rings. The highest BCUT2D eigenvalue weighted by Gasteiger charge is 2.22. The van der Waals surface area contributed by atoms with Crippen LogP contribution in [0.15, 0.2) is 0 Å². The van der Waals surface area contributed by atoms with E-state index in [9.17, 15) is 5.11 Å². The van der Waals surface area contributed by atoms with Gasteiger partial charge in [0.2, 0.25) is 0 Å². The second kappa shape index (κ2) is 3.69. The van der Waals surface area contributed by atoms with Crippen LogP contribution in [-0.4, -0.2) is 28.6 Å². The van der Waals surface area contributed by atoms with E-state index < -0.39 is 0 Å². The Morgan fingerprint density at radius 3 is 3.00 bits per heavy atom. The molecule has 1 aliphatic heterocycles. The van der Waals surface area contributed by atoms with E-state index in [0.29, 0.717) is 11.8 Å². The smallest absolute Gasteiger partial charge is 0.0711 e. The molecule has 1 fully saturated rings. The van der Waals surface area contributed by atoms with Gasteiger partial charge in [-0.1, -0.05) is 0 Å². The summed E-state index contributed by atoms with van der Waals surface area (Å²) in [5, 5.41) is 9.21. The molecule has 9 heavy (non-hydrogen) atoms. The molecule has 2 unspecified atom stereocenters. The summed E-state index contributed by atoms with van der Waals surface area (Å²) in [7, 11) is 0. The lowest BCUT2D eigenvalue weighted by atomic mass is 10.0. The van der Waals surface area contributed by atoms with E-state index in [0.717, 1.165) is 12.2 Å². The minimum atomic E-state index is -0.262. The quantitative estimate of drug-likeness (QED) is 0.625. The number of hydrogen-bond acceptors (Lipinski definition) is 2. The van der Waals surface area contributed by atoms with Gasteiger partial charge in [0.15, 0.2) is 0 Å². The molecule has 1 aliphatic rings. The second-order valence-corrected chi connectivity index (χ2v) is 3.80. The fraction of sp³-hybridized carbons (Fsp3) is 1.00. The molecule has 3 heteroatoms. The molecule has 2 atom stereocenters. The molecule has 0 aromatic heterocycles. The molecule has 1 heterocycles. The molecule has 0 saturated carbocycles. The number of alkyl halides is 1. The molecule has 0 radical (unpaired) electrons. The number of halogens is 1. The predicted molar refractivity (Wildman–Crippen MR) is 42.2 cm³/mol. The molecular formula is C6H11ClOS. The number of thioether (sulfide) groups is 1. The number of aliphatic hydroxyl groups excluding tert-OH is 1. The topological polar surface area (TPSA) is 20.2 Å². The van der Waals surface area contributed by atoms with Crippen molar-refractivity contribution in [3.63, 3.8) is 0 Å². The second-order valence-electron chi connectivity index (χ2n) is 2.35. The van der Waals surface area contributed by atoms with Crippen molar-refractivity contribution in [3.05, 3.63) is 0 Å². The van der Waals surface area contributed by atoms with Gasteiger partial charge in [-0.15, -0.1) is 11.6 Å². The molecular weight excluding hydrogens is 156 g/mol. The first-order chi connectivity index (χ1) is 4.34. The van der Waals surface area contributed by atoms with Gasteiger partial charge in [0.1, 0.15) is 0 Å². The van der Waals surface area contributed by atoms with Gasteiger partial charge in [-0.25, -0.2) is 0 Å². The van der Waals surface area contributed by atoms with Gasteiger partial charge in [-0.3, -0.25) is 0 Å². The normalized spacial score (nSPS) is 30.7. The average Bonchev–Trinajstić information content (AvgIpc) is 2.37. The fourth-order valence-corrected chi connectivity index (χ4v) is 2.56. The van der Waals surface area contributed by atoms with Gasteiger partial charge in [-0.05, 0) is 23.8 Å². The highest BCUT2D eigenvalue weighted by Crippen LogP contribution is 2.26. The first kappa shape index (κ1) is 7.70. The lowest BCUT2D eigenvalue weighted by molar-refractivity contribution is 0.142. The zero-order chi connectivity index (χ0) is 6.69. The van der Waals surface area contributed by atoms with Crippen LogP contribution in [0, 0.1) is 5.92 Å². The summed E-state index contributed by atoms with van der Waals surface area (Å²) in [6.45, 7) is 0. The van der Waals surface area contributed by atoms with Crippen LogP contribution in [-0.2, 0) is 0 Å². The average molecular weight is 167 g/mol. The molecule has 1 rings (SSSR count). The van der Waals surface area contributed by atoms with Crippen molar-refractivity contribution in [2.75, 3.05) is 17.4 Å². The molecule has 1 N–H and O–H groups in total. The highest BCUT2D eigenvalue weighted by atomic mass is 35.5. The maximum absolute atomic E-state index is 9.21. The monoisotopic (exact) mass is 166 g/mol. The van der Waals surface area contributed by atoms with Crippen LogP contribution < -0.4 is 0 Å². The highest BCUT2D eigenvalue weighted by molar-refractivity contribution is 7.99. The van der Waals surface area contributed by atoms with Crippen molar-refractivity contribution in [2.24, 2.45) is 5.92 Å². The van der Waals surface area contributed by atoms with Crippen molar-refractivity contribution >= 4 is 23.4 Å². The van der Waals surface area contributed by atoms with Gasteiger partial charge in [0.25, 0.3) is 0 Å². The van der Waals surface area contributed by atoms with Crippen LogP contribution >= 0.6 is 23.4 Å². The third-order valence-electron chi connectivity index (χ3n) is 1.67. The zero-order valence-electron chi connectivity index (χ0n) is 5.22. The van der Waals surface area contributed by atoms with Gasteiger partial charge in [-0.2, -0.15) is 11.8 Å². The fourth-order valence-electron chi connectivity index (χ4n) is 0.982. The molecule has 0 aliphatic carbocycles. The van der Waals surface area contributed by atoms with Crippen molar-refractivity contribution < 1.29 is 5.11 Å². The molecule has 0 spiro atoms. The SMILES string of the molecule is OC(CCl)C1CCSC1. The van der Waals surface area contributed by atoms with Crippen LogP contribution in [0.3, 0.4) is 0 Å². The van der Waals surface area contributed by atoms with Crippen molar-refractivity contribution in [1.29, 1.82) is 0 Å². The Kier molecular flexibility index (Phi) is 3.16. The maximum atomic E-state index is 9.21. The molecule has 1 nitrogen and oxygen atoms in total. The Morgan fingerprint density at radius 1 is 1.78 bits per heavy atom. The van der Waals surface area contributed by atoms with Gasteiger partial charge in [0, 0.05) is 5.88 Å². The summed E-state index contributed by atoms with van der Waals surface area (Å²) in [5.41, 5.74) is 0. The van der Waals surface area contributed by atoms with Crippen LogP contribution in [0.1, 0.15) is 6.42 Å². The summed E-state index contributed by atoms with van der Waals surface area (Å²) in [6, 6.07) is 0. The largest absolute Gasteiger partial charge is 0.392 e. The molecule has 0 bridgehead atoms. The van der Waals surface area contributed by atoms with E-state index >= 15 is 0 Å². The molecule has 0 amide bonds. The molecule has 1 saturated heterocycles. The Morgan fingerprint density at radius 2 is 2.56 bits per heavy atom. The third-order valence-corrected chi connectivity index (χ3v) is 3.17. The Labute approximate surface area is 64.8 Å². The van der Waals surface area contributed by atoms with Crippen molar-refractivity contribution in [3.8, 4) is 0 Å². The first-order valence-corrected chi connectivity index (χ1v) is 4.85. The number of hydrogen-bond donors (Lipinski definition) is 1. The minimum Gasteiger partial charge on any atom is -0.392 e. The van der Waals surface area contributed by atoms with E-state index in [4.69, 9.17) is 11.6 Å². The van der Waals surface area contributed by atoms with E-state index in [1.54, 1.807) is 0 Å². The van der Waals surface area contributed by atoms with Crippen molar-refractivity contribution in [2.45, 2.75) is 12.5 Å². The van der Waals surface area contributed by atoms with Crippen molar-refractivity contribution in [1.82, 2.24) is 0 Å². The number of aliphatic hydroxyl groups is 1. The summed E-state index contributed by atoms with van der Waals surface area (Å²) in [4.78, 5) is 0. The summed E-state index contributed by atoms with van der Waals surface area (Å²) in [6.07, 6.45) is 0.875. The zero-order valence-corrected chi connectivity index (χ0v) is 6.79. The van der Waals surface area contributed by atoms with Crippen LogP contribution in [0.4, 0.5) is 0 Å². The summed E-state index contributed by atoms with van der Waals surface area (Å²) >= 11 is 7.38. The first-order valence-electron chi connectivity index (χ1n) is 3.16. The molecule has 0 aromatic carbocycles. The van der Waals surface area contributed by atoms with Gasteiger partial charge >= 0.3 is 0 Å². The maximum Gasteiger partial charge on any atom is 0.0711 e.